The van der Waals surface area contributed by atoms with Gasteiger partial charge >= 0.3 is 6.01 Å². The maximum atomic E-state index is 12.4. The summed E-state index contributed by atoms with van der Waals surface area (Å²) in [5.74, 6) is -0.0300. The van der Waals surface area contributed by atoms with Gasteiger partial charge in [0, 0.05) is 35.9 Å². The van der Waals surface area contributed by atoms with Crippen molar-refractivity contribution in [2.75, 3.05) is 13.1 Å². The molecule has 1 aromatic heterocycles. The van der Waals surface area contributed by atoms with E-state index in [1.165, 1.54) is 0 Å². The number of nitrogens with zero attached hydrogens (tertiary/aromatic N) is 3. The molecule has 21 heavy (non-hydrogen) atoms. The second kappa shape index (κ2) is 6.10. The molecule has 1 amide bonds. The molecule has 108 valence electrons. The monoisotopic (exact) mass is 303 g/mol. The number of hydrogen-bond acceptors (Lipinski definition) is 4. The van der Waals surface area contributed by atoms with Crippen molar-refractivity contribution in [1.29, 1.82) is 0 Å². The lowest BCUT2D eigenvalue weighted by Crippen LogP contribution is -2.31. The van der Waals surface area contributed by atoms with Gasteiger partial charge in [0.25, 0.3) is 5.91 Å². The molecule has 1 atom stereocenters. The standard InChI is InChI=1S/C15H14ClN3O2/c16-12-4-1-3-11(9-12)14(20)19-8-5-13(10-19)21-15-17-6-2-7-18-15/h1-4,6-7,9,13H,5,8,10H2/t13-/m0/s1. The van der Waals surface area contributed by atoms with Crippen molar-refractivity contribution in [1.82, 2.24) is 14.9 Å². The van der Waals surface area contributed by atoms with Gasteiger partial charge in [-0.1, -0.05) is 17.7 Å². The van der Waals surface area contributed by atoms with Crippen molar-refractivity contribution in [2.45, 2.75) is 12.5 Å². The number of halogens is 1. The molecule has 2 heterocycles. The smallest absolute Gasteiger partial charge is 0.316 e. The van der Waals surface area contributed by atoms with E-state index in [1.807, 2.05) is 0 Å². The average Bonchev–Trinajstić information content (AvgIpc) is 2.96. The van der Waals surface area contributed by atoms with Crippen LogP contribution in [-0.4, -0.2) is 40.0 Å². The van der Waals surface area contributed by atoms with Gasteiger partial charge in [0.05, 0.1) is 6.54 Å². The van der Waals surface area contributed by atoms with E-state index in [2.05, 4.69) is 9.97 Å². The van der Waals surface area contributed by atoms with Crippen molar-refractivity contribution in [2.24, 2.45) is 0 Å². The molecule has 0 aliphatic carbocycles. The lowest BCUT2D eigenvalue weighted by molar-refractivity contribution is 0.0769. The molecule has 2 aromatic rings. The first-order valence-electron chi connectivity index (χ1n) is 6.71. The van der Waals surface area contributed by atoms with Gasteiger partial charge in [0.15, 0.2) is 0 Å². The van der Waals surface area contributed by atoms with Crippen LogP contribution in [0.4, 0.5) is 0 Å². The van der Waals surface area contributed by atoms with Gasteiger partial charge in [-0.05, 0) is 24.3 Å². The van der Waals surface area contributed by atoms with E-state index in [0.717, 1.165) is 6.42 Å². The number of rotatable bonds is 3. The maximum Gasteiger partial charge on any atom is 0.316 e. The molecule has 3 rings (SSSR count). The Balaban J connectivity index is 1.63. The molecule has 0 N–H and O–H groups in total. The van der Waals surface area contributed by atoms with E-state index in [9.17, 15) is 4.79 Å². The van der Waals surface area contributed by atoms with E-state index >= 15 is 0 Å². The van der Waals surface area contributed by atoms with Gasteiger partial charge in [0.1, 0.15) is 6.10 Å². The first-order chi connectivity index (χ1) is 10.2. The fraction of sp³-hybridized carbons (Fsp3) is 0.267. The summed E-state index contributed by atoms with van der Waals surface area (Å²) in [5.41, 5.74) is 0.596. The van der Waals surface area contributed by atoms with Crippen molar-refractivity contribution < 1.29 is 9.53 Å². The van der Waals surface area contributed by atoms with Crippen LogP contribution in [0.25, 0.3) is 0 Å². The van der Waals surface area contributed by atoms with Crippen molar-refractivity contribution in [3.8, 4) is 6.01 Å². The van der Waals surface area contributed by atoms with E-state index in [4.69, 9.17) is 16.3 Å². The minimum Gasteiger partial charge on any atom is -0.458 e. The quantitative estimate of drug-likeness (QED) is 0.874. The predicted octanol–water partition coefficient (Wildman–Crippen LogP) is 2.42. The van der Waals surface area contributed by atoms with E-state index in [0.29, 0.717) is 29.7 Å². The van der Waals surface area contributed by atoms with E-state index in [1.54, 1.807) is 47.6 Å². The highest BCUT2D eigenvalue weighted by molar-refractivity contribution is 6.30. The Kier molecular flexibility index (Phi) is 4.01. The van der Waals surface area contributed by atoms with Gasteiger partial charge in [-0.3, -0.25) is 4.79 Å². The summed E-state index contributed by atoms with van der Waals surface area (Å²) in [4.78, 5) is 22.2. The molecule has 1 aliphatic rings. The normalized spacial score (nSPS) is 17.8. The zero-order valence-electron chi connectivity index (χ0n) is 11.3. The van der Waals surface area contributed by atoms with E-state index < -0.39 is 0 Å². The second-order valence-corrected chi connectivity index (χ2v) is 5.26. The highest BCUT2D eigenvalue weighted by Gasteiger charge is 2.28. The number of aromatic nitrogens is 2. The fourth-order valence-electron chi connectivity index (χ4n) is 2.31. The van der Waals surface area contributed by atoms with Gasteiger partial charge in [-0.15, -0.1) is 0 Å². The van der Waals surface area contributed by atoms with Crippen LogP contribution in [0.3, 0.4) is 0 Å². The first kappa shape index (κ1) is 13.8. The highest BCUT2D eigenvalue weighted by atomic mass is 35.5. The molecule has 1 aliphatic heterocycles. The average molecular weight is 304 g/mol. The van der Waals surface area contributed by atoms with Gasteiger partial charge in [-0.25, -0.2) is 9.97 Å². The van der Waals surface area contributed by atoms with Gasteiger partial charge < -0.3 is 9.64 Å². The van der Waals surface area contributed by atoms with Crippen LogP contribution in [0.5, 0.6) is 6.01 Å². The summed E-state index contributed by atoms with van der Waals surface area (Å²) in [5, 5.41) is 0.561. The zero-order valence-corrected chi connectivity index (χ0v) is 12.0. The Morgan fingerprint density at radius 2 is 2.10 bits per heavy atom. The van der Waals surface area contributed by atoms with Crippen LogP contribution in [0.1, 0.15) is 16.8 Å². The molecule has 1 saturated heterocycles. The predicted molar refractivity (Wildman–Crippen MR) is 78.4 cm³/mol. The molecular formula is C15H14ClN3O2. The number of benzene rings is 1. The van der Waals surface area contributed by atoms with Gasteiger partial charge in [-0.2, -0.15) is 0 Å². The molecule has 0 saturated carbocycles. The topological polar surface area (TPSA) is 55.3 Å². The minimum absolute atomic E-state index is 0.0300. The number of likely N-dealkylation sites (tertiary alicyclic amines) is 1. The fourth-order valence-corrected chi connectivity index (χ4v) is 2.50. The number of ether oxygens (including phenoxy) is 1. The van der Waals surface area contributed by atoms with Crippen LogP contribution < -0.4 is 4.74 Å². The maximum absolute atomic E-state index is 12.4. The Morgan fingerprint density at radius 1 is 1.29 bits per heavy atom. The van der Waals surface area contributed by atoms with E-state index in [-0.39, 0.29) is 12.0 Å². The lowest BCUT2D eigenvalue weighted by atomic mass is 10.2. The lowest BCUT2D eigenvalue weighted by Gasteiger charge is -2.16. The van der Waals surface area contributed by atoms with Crippen molar-refractivity contribution in [3.63, 3.8) is 0 Å². The largest absolute Gasteiger partial charge is 0.458 e. The molecule has 0 radical (unpaired) electrons. The summed E-state index contributed by atoms with van der Waals surface area (Å²) in [7, 11) is 0. The Bertz CT molecular complexity index is 636. The summed E-state index contributed by atoms with van der Waals surface area (Å²) in [6, 6.07) is 9.05. The summed E-state index contributed by atoms with van der Waals surface area (Å²) in [6.07, 6.45) is 3.96. The third kappa shape index (κ3) is 3.31. The molecule has 5 nitrogen and oxygen atoms in total. The van der Waals surface area contributed by atoms with Crippen molar-refractivity contribution >= 4 is 17.5 Å². The summed E-state index contributed by atoms with van der Waals surface area (Å²) >= 11 is 5.92. The van der Waals surface area contributed by atoms with Crippen LogP contribution in [-0.2, 0) is 0 Å². The second-order valence-electron chi connectivity index (χ2n) is 4.82. The molecule has 0 unspecified atom stereocenters. The highest BCUT2D eigenvalue weighted by Crippen LogP contribution is 2.19. The number of carbonyl (C=O) groups excluding carboxylic acids is 1. The van der Waals surface area contributed by atoms with Crippen LogP contribution >= 0.6 is 11.6 Å². The van der Waals surface area contributed by atoms with Crippen LogP contribution in [0.15, 0.2) is 42.7 Å². The molecule has 0 bridgehead atoms. The minimum atomic E-state index is -0.0736. The third-order valence-corrected chi connectivity index (χ3v) is 3.55. The number of amides is 1. The molecule has 1 aromatic carbocycles. The Morgan fingerprint density at radius 3 is 2.86 bits per heavy atom. The number of carbonyl (C=O) groups is 1. The SMILES string of the molecule is O=C(c1cccc(Cl)c1)N1CC[C@H](Oc2ncccn2)C1. The zero-order chi connectivity index (χ0) is 14.7. The molecule has 6 heteroatoms. The Hall–Kier alpha value is -2.14. The first-order valence-corrected chi connectivity index (χ1v) is 7.09. The number of hydrogen-bond donors (Lipinski definition) is 0. The summed E-state index contributed by atoms with van der Waals surface area (Å²) in [6.45, 7) is 1.19. The van der Waals surface area contributed by atoms with Crippen molar-refractivity contribution in [3.05, 3.63) is 53.3 Å². The molecule has 0 spiro atoms. The third-order valence-electron chi connectivity index (χ3n) is 3.32. The Labute approximate surface area is 127 Å². The van der Waals surface area contributed by atoms with Crippen LogP contribution in [0, 0.1) is 0 Å². The van der Waals surface area contributed by atoms with Gasteiger partial charge in [0.2, 0.25) is 0 Å². The summed E-state index contributed by atoms with van der Waals surface area (Å²) < 4.78 is 5.67. The van der Waals surface area contributed by atoms with Crippen LogP contribution in [0.2, 0.25) is 5.02 Å². The molecule has 1 fully saturated rings. The molecular weight excluding hydrogens is 290 g/mol.